The summed E-state index contributed by atoms with van der Waals surface area (Å²) in [5.41, 5.74) is 0.787. The van der Waals surface area contributed by atoms with E-state index < -0.39 is 22.9 Å². The third kappa shape index (κ3) is 4.31. The minimum absolute atomic E-state index is 0.183. The molecule has 3 aromatic rings. The van der Waals surface area contributed by atoms with E-state index in [0.717, 1.165) is 11.8 Å². The van der Waals surface area contributed by atoms with E-state index in [-0.39, 0.29) is 42.2 Å². The first-order valence-electron chi connectivity index (χ1n) is 10.8. The third-order valence-corrected chi connectivity index (χ3v) is 6.34. The number of fused-ring (bicyclic) bond motifs is 1. The van der Waals surface area contributed by atoms with Gasteiger partial charge in [-0.1, -0.05) is 22.8 Å². The molecule has 0 saturated carbocycles. The number of nitrogens with zero attached hydrogens (tertiary/aromatic N) is 5. The summed E-state index contributed by atoms with van der Waals surface area (Å²) in [6, 6.07) is 6.77. The van der Waals surface area contributed by atoms with Crippen LogP contribution in [0.3, 0.4) is 0 Å². The molecule has 1 unspecified atom stereocenters. The summed E-state index contributed by atoms with van der Waals surface area (Å²) in [6.45, 7) is 2.58. The fourth-order valence-corrected chi connectivity index (χ4v) is 4.47. The van der Waals surface area contributed by atoms with E-state index in [1.807, 2.05) is 6.92 Å². The smallest absolute Gasteiger partial charge is 0.390 e. The second-order valence-corrected chi connectivity index (χ2v) is 8.80. The molecule has 2 aliphatic rings. The van der Waals surface area contributed by atoms with E-state index in [1.54, 1.807) is 34.1 Å². The number of pyridine rings is 1. The van der Waals surface area contributed by atoms with Crippen molar-refractivity contribution in [3.63, 3.8) is 0 Å². The molecule has 8 nitrogen and oxygen atoms in total. The topological polar surface area (TPSA) is 81.7 Å². The first-order valence-corrected chi connectivity index (χ1v) is 11.1. The summed E-state index contributed by atoms with van der Waals surface area (Å²) in [6.07, 6.45) is -1.61. The second-order valence-electron chi connectivity index (χ2n) is 8.40. The number of carbonyl (C=O) groups excluding carboxylic acids is 1. The van der Waals surface area contributed by atoms with Crippen molar-refractivity contribution in [2.45, 2.75) is 32.2 Å². The second kappa shape index (κ2) is 8.56. The molecule has 1 amide bonds. The molecular weight excluding hydrogens is 487 g/mol. The number of aromatic nitrogens is 3. The molecule has 2 aromatic heterocycles. The number of oxime groups is 1. The van der Waals surface area contributed by atoms with Gasteiger partial charge in [0.15, 0.2) is 6.10 Å². The van der Waals surface area contributed by atoms with Crippen molar-refractivity contribution in [1.29, 1.82) is 0 Å². The highest BCUT2D eigenvalue weighted by atomic mass is 35.5. The molecule has 0 bridgehead atoms. The molecule has 0 aliphatic carbocycles. The normalized spacial score (nSPS) is 17.9. The maximum atomic E-state index is 13.2. The number of aryl methyl sites for hydroxylation is 1. The molecule has 0 fully saturated rings. The van der Waals surface area contributed by atoms with Gasteiger partial charge in [-0.05, 0) is 31.2 Å². The zero-order valence-electron chi connectivity index (χ0n) is 18.4. The quantitative estimate of drug-likeness (QED) is 0.542. The van der Waals surface area contributed by atoms with Crippen molar-refractivity contribution >= 4 is 23.2 Å². The Kier molecular flexibility index (Phi) is 5.66. The van der Waals surface area contributed by atoms with Gasteiger partial charge in [0, 0.05) is 31.3 Å². The lowest BCUT2D eigenvalue weighted by molar-refractivity contribution is -0.137. The van der Waals surface area contributed by atoms with Gasteiger partial charge in [-0.2, -0.15) is 13.2 Å². The maximum absolute atomic E-state index is 13.2. The highest BCUT2D eigenvalue weighted by Gasteiger charge is 2.35. The molecule has 0 saturated heterocycles. The highest BCUT2D eigenvalue weighted by Crippen LogP contribution is 2.36. The van der Waals surface area contributed by atoms with Gasteiger partial charge in [0.05, 0.1) is 34.9 Å². The van der Waals surface area contributed by atoms with Gasteiger partial charge in [-0.3, -0.25) is 9.59 Å². The predicted octanol–water partition coefficient (Wildman–Crippen LogP) is 3.66. The van der Waals surface area contributed by atoms with E-state index in [0.29, 0.717) is 17.9 Å². The molecule has 1 aromatic carbocycles. The molecule has 0 radical (unpaired) electrons. The minimum atomic E-state index is -4.59. The molecule has 0 N–H and O–H groups in total. The molecule has 182 valence electrons. The number of benzene rings is 1. The maximum Gasteiger partial charge on any atom is 0.417 e. The molecule has 2 aliphatic heterocycles. The number of imidazole rings is 1. The fraction of sp³-hybridized carbons (Fsp3) is 0.304. The monoisotopic (exact) mass is 505 g/mol. The molecular formula is C23H19ClF3N5O3. The zero-order chi connectivity index (χ0) is 24.9. The fourth-order valence-electron chi connectivity index (χ4n) is 4.25. The number of amides is 1. The number of rotatable bonds is 4. The number of halogens is 4. The predicted molar refractivity (Wildman–Crippen MR) is 121 cm³/mol. The van der Waals surface area contributed by atoms with E-state index in [1.165, 1.54) is 16.7 Å². The van der Waals surface area contributed by atoms with Crippen LogP contribution in [0.15, 0.2) is 52.8 Å². The number of alkyl halides is 3. The zero-order valence-corrected chi connectivity index (χ0v) is 19.2. The summed E-state index contributed by atoms with van der Waals surface area (Å²) in [7, 11) is 0. The average molecular weight is 506 g/mol. The van der Waals surface area contributed by atoms with E-state index >= 15 is 0 Å². The van der Waals surface area contributed by atoms with Crippen LogP contribution in [0.1, 0.15) is 33.7 Å². The summed E-state index contributed by atoms with van der Waals surface area (Å²) in [5.74, 6) is -0.329. The van der Waals surface area contributed by atoms with Crippen LogP contribution < -0.4 is 5.56 Å². The summed E-state index contributed by atoms with van der Waals surface area (Å²) < 4.78 is 42.6. The lowest BCUT2D eigenvalue weighted by Gasteiger charge is -2.30. The largest absolute Gasteiger partial charge is 0.417 e. The number of carbonyl (C=O) groups is 1. The van der Waals surface area contributed by atoms with Crippen LogP contribution in [-0.4, -0.2) is 49.8 Å². The van der Waals surface area contributed by atoms with Crippen LogP contribution in [0.4, 0.5) is 13.2 Å². The highest BCUT2D eigenvalue weighted by molar-refractivity contribution is 6.31. The summed E-state index contributed by atoms with van der Waals surface area (Å²) >= 11 is 5.70. The molecule has 0 spiro atoms. The van der Waals surface area contributed by atoms with Crippen molar-refractivity contribution in [3.05, 3.63) is 80.7 Å². The van der Waals surface area contributed by atoms with Crippen molar-refractivity contribution < 1.29 is 22.8 Å². The van der Waals surface area contributed by atoms with E-state index in [2.05, 4.69) is 10.1 Å². The van der Waals surface area contributed by atoms with Crippen LogP contribution >= 0.6 is 11.6 Å². The Balaban J connectivity index is 1.29. The van der Waals surface area contributed by atoms with E-state index in [4.69, 9.17) is 16.4 Å². The van der Waals surface area contributed by atoms with Crippen LogP contribution in [-0.2, 0) is 17.6 Å². The standard InChI is InChI=1S/C23H19ClF3N5O3/c1-13-10-31(12-28-13)19-4-5-20-21(33)30(6-7-32(20)22(19)34)11-15-9-18(29-35-15)14-2-3-17(24)16(8-14)23(25,26)27/h2-5,8,10,12,15H,6-7,9,11H2,1H3. The lowest BCUT2D eigenvalue weighted by atomic mass is 10.0. The van der Waals surface area contributed by atoms with Gasteiger partial charge in [0.25, 0.3) is 11.5 Å². The number of hydrogen-bond donors (Lipinski definition) is 0. The first kappa shape index (κ1) is 23.2. The Morgan fingerprint density at radius 2 is 1.97 bits per heavy atom. The van der Waals surface area contributed by atoms with Crippen molar-refractivity contribution in [1.82, 2.24) is 19.0 Å². The molecule has 5 rings (SSSR count). The molecule has 12 heteroatoms. The third-order valence-electron chi connectivity index (χ3n) is 6.01. The van der Waals surface area contributed by atoms with Crippen molar-refractivity contribution in [2.75, 3.05) is 13.1 Å². The number of hydrogen-bond acceptors (Lipinski definition) is 5. The van der Waals surface area contributed by atoms with Gasteiger partial charge < -0.3 is 18.9 Å². The summed E-state index contributed by atoms with van der Waals surface area (Å²) in [5, 5.41) is 3.55. The molecule has 4 heterocycles. The molecule has 1 atom stereocenters. The van der Waals surface area contributed by atoms with Gasteiger partial charge in [-0.25, -0.2) is 4.98 Å². The first-order chi connectivity index (χ1) is 16.6. The average Bonchev–Trinajstić information content (AvgIpc) is 3.45. The Morgan fingerprint density at radius 1 is 1.17 bits per heavy atom. The van der Waals surface area contributed by atoms with Gasteiger partial charge in [-0.15, -0.1) is 0 Å². The Morgan fingerprint density at radius 3 is 2.69 bits per heavy atom. The van der Waals surface area contributed by atoms with Crippen LogP contribution in [0.25, 0.3) is 5.69 Å². The SMILES string of the molecule is Cc1cn(-c2ccc3n(c2=O)CCN(CC2CC(c4ccc(Cl)c(C(F)(F)F)c4)=NO2)C3=O)cn1. The lowest BCUT2D eigenvalue weighted by Crippen LogP contribution is -2.47. The molecule has 35 heavy (non-hydrogen) atoms. The Bertz CT molecular complexity index is 1410. The van der Waals surface area contributed by atoms with Gasteiger partial charge in [0.2, 0.25) is 0 Å². The van der Waals surface area contributed by atoms with Crippen molar-refractivity contribution in [3.8, 4) is 5.69 Å². The Hall–Kier alpha value is -3.60. The van der Waals surface area contributed by atoms with E-state index in [9.17, 15) is 22.8 Å². The van der Waals surface area contributed by atoms with Gasteiger partial charge >= 0.3 is 6.18 Å². The van der Waals surface area contributed by atoms with Crippen molar-refractivity contribution in [2.24, 2.45) is 5.16 Å². The van der Waals surface area contributed by atoms with Crippen LogP contribution in [0, 0.1) is 6.92 Å². The van der Waals surface area contributed by atoms with Gasteiger partial charge in [0.1, 0.15) is 11.4 Å². The minimum Gasteiger partial charge on any atom is -0.390 e. The summed E-state index contributed by atoms with van der Waals surface area (Å²) in [4.78, 5) is 37.1. The van der Waals surface area contributed by atoms with Crippen LogP contribution in [0.5, 0.6) is 0 Å². The Labute approximate surface area is 202 Å². The van der Waals surface area contributed by atoms with Crippen LogP contribution in [0.2, 0.25) is 5.02 Å².